The fourth-order valence-corrected chi connectivity index (χ4v) is 2.07. The lowest BCUT2D eigenvalue weighted by molar-refractivity contribution is 0.232. The van der Waals surface area contributed by atoms with Crippen LogP contribution in [0.1, 0.15) is 25.0 Å². The maximum absolute atomic E-state index is 5.69. The van der Waals surface area contributed by atoms with Gasteiger partial charge in [0.05, 0.1) is 5.69 Å². The Morgan fingerprint density at radius 3 is 3.06 bits per heavy atom. The largest absolute Gasteiger partial charge is 0.476 e. The number of pyridine rings is 1. The molecule has 1 fully saturated rings. The maximum Gasteiger partial charge on any atom is 0.213 e. The minimum absolute atomic E-state index is 0.486. The van der Waals surface area contributed by atoms with E-state index in [0.29, 0.717) is 18.5 Å². The van der Waals surface area contributed by atoms with Gasteiger partial charge in [-0.05, 0) is 48.3 Å². The summed E-state index contributed by atoms with van der Waals surface area (Å²) in [5, 5.41) is 3.45. The second kappa shape index (κ2) is 5.64. The van der Waals surface area contributed by atoms with Crippen LogP contribution in [0.2, 0.25) is 0 Å². The monoisotopic (exact) mass is 284 g/mol. The van der Waals surface area contributed by atoms with Crippen molar-refractivity contribution in [3.8, 4) is 5.88 Å². The number of piperidine rings is 1. The second-order valence-electron chi connectivity index (χ2n) is 4.17. The summed E-state index contributed by atoms with van der Waals surface area (Å²) >= 11 is 3.43. The van der Waals surface area contributed by atoms with Gasteiger partial charge in [0.15, 0.2) is 0 Å². The van der Waals surface area contributed by atoms with Crippen LogP contribution in [-0.2, 0) is 0 Å². The Morgan fingerprint density at radius 1 is 1.50 bits per heavy atom. The van der Waals surface area contributed by atoms with Gasteiger partial charge < -0.3 is 10.1 Å². The topological polar surface area (TPSA) is 34.1 Å². The Morgan fingerprint density at radius 2 is 2.38 bits per heavy atom. The molecule has 88 valence electrons. The third-order valence-electron chi connectivity index (χ3n) is 2.84. The molecular formula is C12H17BrN2O. The Hall–Kier alpha value is -0.610. The van der Waals surface area contributed by atoms with Crippen molar-refractivity contribution < 1.29 is 4.74 Å². The van der Waals surface area contributed by atoms with E-state index in [9.17, 15) is 0 Å². The number of aromatic nitrogens is 1. The van der Waals surface area contributed by atoms with E-state index in [2.05, 4.69) is 26.2 Å². The quantitative estimate of drug-likeness (QED) is 0.927. The molecule has 0 saturated carbocycles. The first-order chi connectivity index (χ1) is 7.75. The number of hydrogen-bond donors (Lipinski definition) is 1. The summed E-state index contributed by atoms with van der Waals surface area (Å²) < 4.78 is 6.71. The molecule has 4 heteroatoms. The molecular weight excluding hydrogens is 268 g/mol. The van der Waals surface area contributed by atoms with Crippen LogP contribution in [0.5, 0.6) is 5.88 Å². The van der Waals surface area contributed by atoms with Crippen LogP contribution in [0.25, 0.3) is 0 Å². The highest BCUT2D eigenvalue weighted by atomic mass is 79.9. The van der Waals surface area contributed by atoms with Crippen molar-refractivity contribution in [3.63, 3.8) is 0 Å². The smallest absolute Gasteiger partial charge is 0.213 e. The predicted molar refractivity (Wildman–Crippen MR) is 67.8 cm³/mol. The molecule has 0 aromatic carbocycles. The van der Waals surface area contributed by atoms with Crippen molar-refractivity contribution >= 4 is 15.9 Å². The van der Waals surface area contributed by atoms with Gasteiger partial charge in [-0.25, -0.2) is 4.98 Å². The fourth-order valence-electron chi connectivity index (χ4n) is 1.85. The third-order valence-corrected chi connectivity index (χ3v) is 3.68. The molecule has 2 rings (SSSR count). The van der Waals surface area contributed by atoms with Crippen LogP contribution < -0.4 is 10.1 Å². The number of aryl methyl sites for hydroxylation is 1. The van der Waals surface area contributed by atoms with Gasteiger partial charge in [-0.3, -0.25) is 0 Å². The molecule has 1 aromatic rings. The molecule has 0 spiro atoms. The average molecular weight is 285 g/mol. The van der Waals surface area contributed by atoms with Gasteiger partial charge in [0.25, 0.3) is 0 Å². The van der Waals surface area contributed by atoms with Crippen molar-refractivity contribution in [1.82, 2.24) is 10.3 Å². The van der Waals surface area contributed by atoms with E-state index in [4.69, 9.17) is 4.74 Å². The van der Waals surface area contributed by atoms with Crippen molar-refractivity contribution in [3.05, 3.63) is 22.3 Å². The molecule has 0 aliphatic carbocycles. The zero-order valence-corrected chi connectivity index (χ0v) is 11.1. The van der Waals surface area contributed by atoms with E-state index in [1.807, 2.05) is 19.1 Å². The Labute approximate surface area is 105 Å². The predicted octanol–water partition coefficient (Wildman–Crippen LogP) is 2.67. The zero-order chi connectivity index (χ0) is 11.4. The van der Waals surface area contributed by atoms with Gasteiger partial charge in [0.1, 0.15) is 6.61 Å². The highest BCUT2D eigenvalue weighted by Gasteiger charge is 2.13. The fraction of sp³-hybridized carbons (Fsp3) is 0.583. The summed E-state index contributed by atoms with van der Waals surface area (Å²) in [5.74, 6) is 0.716. The van der Waals surface area contributed by atoms with E-state index in [-0.39, 0.29) is 0 Å². The van der Waals surface area contributed by atoms with Gasteiger partial charge in [0, 0.05) is 16.6 Å². The van der Waals surface area contributed by atoms with Gasteiger partial charge in [-0.2, -0.15) is 0 Å². The summed E-state index contributed by atoms with van der Waals surface area (Å²) in [4.78, 5) is 4.36. The Kier molecular flexibility index (Phi) is 4.18. The van der Waals surface area contributed by atoms with Gasteiger partial charge >= 0.3 is 0 Å². The first-order valence-corrected chi connectivity index (χ1v) is 6.54. The van der Waals surface area contributed by atoms with Crippen LogP contribution >= 0.6 is 15.9 Å². The molecule has 1 aromatic heterocycles. The molecule has 1 unspecified atom stereocenters. The lowest BCUT2D eigenvalue weighted by atomic mass is 10.1. The summed E-state index contributed by atoms with van der Waals surface area (Å²) in [6, 6.07) is 4.37. The SMILES string of the molecule is Cc1nc(OCC2CCCCN2)ccc1Br. The van der Waals surface area contributed by atoms with Crippen LogP contribution in [-0.4, -0.2) is 24.2 Å². The first kappa shape index (κ1) is 11.9. The Balaban J connectivity index is 1.86. The van der Waals surface area contributed by atoms with E-state index in [0.717, 1.165) is 16.7 Å². The molecule has 1 aliphatic heterocycles. The molecule has 0 radical (unpaired) electrons. The number of halogens is 1. The van der Waals surface area contributed by atoms with Gasteiger partial charge in [-0.15, -0.1) is 0 Å². The second-order valence-corrected chi connectivity index (χ2v) is 5.03. The molecule has 16 heavy (non-hydrogen) atoms. The van der Waals surface area contributed by atoms with Crippen molar-refractivity contribution in [2.75, 3.05) is 13.2 Å². The zero-order valence-electron chi connectivity index (χ0n) is 9.50. The number of ether oxygens (including phenoxy) is 1. The maximum atomic E-state index is 5.69. The van der Waals surface area contributed by atoms with Gasteiger partial charge in [0.2, 0.25) is 5.88 Å². The van der Waals surface area contributed by atoms with Crippen LogP contribution in [0.4, 0.5) is 0 Å². The van der Waals surface area contributed by atoms with Crippen LogP contribution in [0.3, 0.4) is 0 Å². The average Bonchev–Trinajstić information content (AvgIpc) is 2.32. The standard InChI is InChI=1S/C12H17BrN2O/c1-9-11(13)5-6-12(15-9)16-8-10-4-2-3-7-14-10/h5-6,10,14H,2-4,7-8H2,1H3. The van der Waals surface area contributed by atoms with Crippen molar-refractivity contribution in [2.45, 2.75) is 32.2 Å². The third kappa shape index (κ3) is 3.19. The van der Waals surface area contributed by atoms with E-state index in [1.165, 1.54) is 19.3 Å². The summed E-state index contributed by atoms with van der Waals surface area (Å²) in [7, 11) is 0. The number of nitrogens with one attached hydrogen (secondary N) is 1. The van der Waals surface area contributed by atoms with Crippen molar-refractivity contribution in [1.29, 1.82) is 0 Å². The lowest BCUT2D eigenvalue weighted by Gasteiger charge is -2.23. The number of rotatable bonds is 3. The molecule has 1 N–H and O–H groups in total. The minimum atomic E-state index is 0.486. The Bertz CT molecular complexity index is 351. The van der Waals surface area contributed by atoms with Gasteiger partial charge in [-0.1, -0.05) is 6.42 Å². The molecule has 1 atom stereocenters. The summed E-state index contributed by atoms with van der Waals surface area (Å²) in [6.45, 7) is 3.80. The molecule has 1 aliphatic rings. The lowest BCUT2D eigenvalue weighted by Crippen LogP contribution is -2.38. The normalized spacial score (nSPS) is 20.8. The van der Waals surface area contributed by atoms with E-state index < -0.39 is 0 Å². The molecule has 0 bridgehead atoms. The van der Waals surface area contributed by atoms with E-state index >= 15 is 0 Å². The van der Waals surface area contributed by atoms with E-state index in [1.54, 1.807) is 0 Å². The number of hydrogen-bond acceptors (Lipinski definition) is 3. The van der Waals surface area contributed by atoms with Crippen LogP contribution in [0, 0.1) is 6.92 Å². The first-order valence-electron chi connectivity index (χ1n) is 5.75. The number of nitrogens with zero attached hydrogens (tertiary/aromatic N) is 1. The molecule has 3 nitrogen and oxygen atoms in total. The summed E-state index contributed by atoms with van der Waals surface area (Å²) in [6.07, 6.45) is 3.79. The minimum Gasteiger partial charge on any atom is -0.476 e. The van der Waals surface area contributed by atoms with Crippen molar-refractivity contribution in [2.24, 2.45) is 0 Å². The molecule has 0 amide bonds. The molecule has 2 heterocycles. The summed E-state index contributed by atoms with van der Waals surface area (Å²) in [5.41, 5.74) is 0.967. The van der Waals surface area contributed by atoms with Crippen LogP contribution in [0.15, 0.2) is 16.6 Å². The highest BCUT2D eigenvalue weighted by molar-refractivity contribution is 9.10. The highest BCUT2D eigenvalue weighted by Crippen LogP contribution is 2.18. The molecule has 1 saturated heterocycles.